The summed E-state index contributed by atoms with van der Waals surface area (Å²) in [5, 5.41) is 9.82. The maximum absolute atomic E-state index is 13.6. The molecule has 3 heterocycles. The van der Waals surface area contributed by atoms with E-state index in [0.717, 1.165) is 20.9 Å². The molecule has 1 fully saturated rings. The highest BCUT2D eigenvalue weighted by Crippen LogP contribution is 2.44. The largest absolute Gasteiger partial charge is 0.465 e. The van der Waals surface area contributed by atoms with Crippen LogP contribution in [0.1, 0.15) is 52.7 Å². The van der Waals surface area contributed by atoms with E-state index in [-0.39, 0.29) is 25.0 Å². The van der Waals surface area contributed by atoms with Crippen molar-refractivity contribution < 1.29 is 24.3 Å². The van der Waals surface area contributed by atoms with Crippen LogP contribution in [0.2, 0.25) is 5.15 Å². The molecule has 202 valence electrons. The van der Waals surface area contributed by atoms with E-state index >= 15 is 0 Å². The van der Waals surface area contributed by atoms with Crippen LogP contribution < -0.4 is 9.80 Å². The van der Waals surface area contributed by atoms with Crippen molar-refractivity contribution in [2.45, 2.75) is 65.1 Å². The molecule has 0 saturated carbocycles. The number of hydrogen-bond acceptors (Lipinski definition) is 5. The van der Waals surface area contributed by atoms with E-state index in [4.69, 9.17) is 11.6 Å². The number of carbonyl (C=O) groups excluding carboxylic acids is 3. The third kappa shape index (κ3) is 4.69. The quantitative estimate of drug-likeness (QED) is 0.425. The van der Waals surface area contributed by atoms with Crippen molar-refractivity contribution in [2.75, 3.05) is 22.9 Å². The zero-order chi connectivity index (χ0) is 28.2. The van der Waals surface area contributed by atoms with E-state index in [0.29, 0.717) is 23.1 Å². The molecule has 10 nitrogen and oxygen atoms in total. The van der Waals surface area contributed by atoms with Gasteiger partial charge in [-0.25, -0.2) is 19.5 Å². The lowest BCUT2D eigenvalue weighted by Gasteiger charge is -2.27. The zero-order valence-electron chi connectivity index (χ0n) is 22.4. The van der Waals surface area contributed by atoms with Gasteiger partial charge in [0.05, 0.1) is 5.69 Å². The van der Waals surface area contributed by atoms with Gasteiger partial charge >= 0.3 is 12.1 Å². The predicted molar refractivity (Wildman–Crippen MR) is 143 cm³/mol. The van der Waals surface area contributed by atoms with Gasteiger partial charge in [-0.3, -0.25) is 14.5 Å². The van der Waals surface area contributed by atoms with Crippen LogP contribution in [0.4, 0.5) is 21.0 Å². The maximum Gasteiger partial charge on any atom is 0.407 e. The summed E-state index contributed by atoms with van der Waals surface area (Å²) in [4.78, 5) is 61.3. The van der Waals surface area contributed by atoms with Gasteiger partial charge in [0.1, 0.15) is 17.2 Å². The molecule has 4 rings (SSSR count). The number of aromatic nitrogens is 1. The van der Waals surface area contributed by atoms with Crippen LogP contribution in [0.5, 0.6) is 0 Å². The molecule has 0 radical (unpaired) electrons. The number of hydrogen-bond donors (Lipinski definition) is 1. The molecule has 38 heavy (non-hydrogen) atoms. The number of rotatable bonds is 6. The maximum atomic E-state index is 13.6. The number of imide groups is 1. The van der Waals surface area contributed by atoms with Gasteiger partial charge in [-0.2, -0.15) is 0 Å². The molecule has 11 heteroatoms. The number of amides is 5. The second-order valence-corrected chi connectivity index (χ2v) is 11.5. The number of carbonyl (C=O) groups is 4. The van der Waals surface area contributed by atoms with E-state index in [2.05, 4.69) is 4.98 Å². The highest BCUT2D eigenvalue weighted by atomic mass is 35.5. The lowest BCUT2D eigenvalue weighted by Crippen LogP contribution is -2.46. The summed E-state index contributed by atoms with van der Waals surface area (Å²) in [7, 11) is 0. The number of nitrogens with zero attached hydrogens (tertiary/aromatic N) is 5. The van der Waals surface area contributed by atoms with Gasteiger partial charge < -0.3 is 14.9 Å². The van der Waals surface area contributed by atoms with Crippen LogP contribution in [-0.4, -0.2) is 68.5 Å². The minimum absolute atomic E-state index is 0.166. The molecule has 1 saturated heterocycles. The first-order valence-electron chi connectivity index (χ1n) is 12.4. The van der Waals surface area contributed by atoms with Crippen LogP contribution in [0, 0.1) is 0 Å². The number of benzene rings is 1. The predicted octanol–water partition coefficient (Wildman–Crippen LogP) is 4.50. The molecular formula is C27H32ClN5O5. The summed E-state index contributed by atoms with van der Waals surface area (Å²) in [6.07, 6.45) is 0.371. The molecule has 0 unspecified atom stereocenters. The molecule has 2 aromatic rings. The summed E-state index contributed by atoms with van der Waals surface area (Å²) in [5.41, 5.74) is 0.991. The second-order valence-electron chi connectivity index (χ2n) is 11.1. The highest BCUT2D eigenvalue weighted by molar-refractivity contribution is 6.29. The average Bonchev–Trinajstić information content (AvgIpc) is 3.18. The fraction of sp³-hybridized carbons (Fsp3) is 0.444. The first-order valence-corrected chi connectivity index (χ1v) is 12.7. The Labute approximate surface area is 226 Å². The third-order valence-electron chi connectivity index (χ3n) is 7.24. The Hall–Kier alpha value is -3.66. The molecule has 1 aromatic carbocycles. The van der Waals surface area contributed by atoms with Crippen molar-refractivity contribution in [1.82, 2.24) is 14.8 Å². The molecule has 0 bridgehead atoms. The van der Waals surface area contributed by atoms with Crippen LogP contribution in [0.3, 0.4) is 0 Å². The molecule has 2 aliphatic rings. The highest BCUT2D eigenvalue weighted by Gasteiger charge is 2.52. The van der Waals surface area contributed by atoms with Crippen LogP contribution in [0.25, 0.3) is 0 Å². The number of anilines is 2. The van der Waals surface area contributed by atoms with Gasteiger partial charge in [-0.05, 0) is 63.1 Å². The van der Waals surface area contributed by atoms with E-state index in [1.807, 2.05) is 19.9 Å². The van der Waals surface area contributed by atoms with Crippen molar-refractivity contribution in [3.8, 4) is 0 Å². The van der Waals surface area contributed by atoms with Crippen molar-refractivity contribution >= 4 is 46.9 Å². The van der Waals surface area contributed by atoms with E-state index < -0.39 is 29.0 Å². The normalized spacial score (nSPS) is 17.8. The van der Waals surface area contributed by atoms with Gasteiger partial charge in [0.25, 0.3) is 5.91 Å². The number of halogens is 1. The lowest BCUT2D eigenvalue weighted by atomic mass is 9.87. The van der Waals surface area contributed by atoms with Crippen molar-refractivity contribution in [2.24, 2.45) is 0 Å². The minimum Gasteiger partial charge on any atom is -0.465 e. The lowest BCUT2D eigenvalue weighted by molar-refractivity contribution is -0.123. The summed E-state index contributed by atoms with van der Waals surface area (Å²) in [6, 6.07) is 7.73. The third-order valence-corrected chi connectivity index (χ3v) is 7.45. The molecule has 1 N–H and O–H groups in total. The fourth-order valence-corrected chi connectivity index (χ4v) is 5.19. The van der Waals surface area contributed by atoms with Crippen LogP contribution in [0.15, 0.2) is 36.5 Å². The molecule has 0 atom stereocenters. The topological polar surface area (TPSA) is 114 Å². The Morgan fingerprint density at radius 3 is 2.42 bits per heavy atom. The number of urea groups is 1. The minimum atomic E-state index is -1.17. The van der Waals surface area contributed by atoms with Gasteiger partial charge in [-0.1, -0.05) is 31.5 Å². The molecule has 0 spiro atoms. The molecule has 0 aliphatic carbocycles. The Kier molecular flexibility index (Phi) is 6.90. The average molecular weight is 542 g/mol. The Bertz CT molecular complexity index is 1320. The summed E-state index contributed by atoms with van der Waals surface area (Å²) >= 11 is 6.01. The van der Waals surface area contributed by atoms with E-state index in [1.54, 1.807) is 63.1 Å². The SMILES string of the molecule is CC(C)N(CC(=O)N1CC(C)(C)c2ccc(N3C(=O)N(Cc4ccnc(Cl)c4)C(C)(C)C3=O)cc21)C(=O)O. The van der Waals surface area contributed by atoms with Crippen molar-refractivity contribution in [3.05, 3.63) is 52.8 Å². The molecule has 2 aliphatic heterocycles. The first-order chi connectivity index (χ1) is 17.6. The van der Waals surface area contributed by atoms with Gasteiger partial charge in [-0.15, -0.1) is 0 Å². The number of carboxylic acid groups (broad SMARTS) is 1. The number of pyridine rings is 1. The Morgan fingerprint density at radius 2 is 1.82 bits per heavy atom. The standard InChI is InChI=1S/C27H32ClN5O5/c1-16(2)30(25(37)38)14-22(34)31-15-26(3,4)19-8-7-18(12-20(19)31)33-23(35)27(5,6)32(24(33)36)13-17-9-10-29-21(28)11-17/h7-12,16H,13-15H2,1-6H3,(H,37,38). The Balaban J connectivity index is 1.68. The smallest absolute Gasteiger partial charge is 0.407 e. The van der Waals surface area contributed by atoms with Crippen LogP contribution >= 0.6 is 11.6 Å². The summed E-state index contributed by atoms with van der Waals surface area (Å²) < 4.78 is 0. The van der Waals surface area contributed by atoms with Gasteiger partial charge in [0, 0.05) is 36.4 Å². The van der Waals surface area contributed by atoms with Gasteiger partial charge in [0.2, 0.25) is 5.91 Å². The number of fused-ring (bicyclic) bond motifs is 1. The molecule has 5 amide bonds. The second kappa shape index (κ2) is 9.58. The summed E-state index contributed by atoms with van der Waals surface area (Å²) in [6.45, 7) is 11.0. The Morgan fingerprint density at radius 1 is 1.13 bits per heavy atom. The zero-order valence-corrected chi connectivity index (χ0v) is 23.1. The fourth-order valence-electron chi connectivity index (χ4n) is 5.00. The van der Waals surface area contributed by atoms with Crippen molar-refractivity contribution in [1.29, 1.82) is 0 Å². The van der Waals surface area contributed by atoms with Crippen molar-refractivity contribution in [3.63, 3.8) is 0 Å². The monoisotopic (exact) mass is 541 g/mol. The molecular weight excluding hydrogens is 510 g/mol. The van der Waals surface area contributed by atoms with E-state index in [1.165, 1.54) is 4.90 Å². The first kappa shape index (κ1) is 27.4. The van der Waals surface area contributed by atoms with Gasteiger partial charge in [0.15, 0.2) is 0 Å². The van der Waals surface area contributed by atoms with E-state index in [9.17, 15) is 24.3 Å². The molecule has 1 aromatic heterocycles. The summed E-state index contributed by atoms with van der Waals surface area (Å²) in [5.74, 6) is -0.768. The van der Waals surface area contributed by atoms with Crippen LogP contribution in [-0.2, 0) is 21.5 Å².